The molecule has 194 valence electrons. The molecule has 0 unspecified atom stereocenters. The third kappa shape index (κ3) is 5.15. The number of hydrogen-bond donors (Lipinski definition) is 2. The minimum absolute atomic E-state index is 0.0223. The zero-order valence-electron chi connectivity index (χ0n) is 21.6. The molecule has 0 radical (unpaired) electrons. The van der Waals surface area contributed by atoms with Gasteiger partial charge in [0.25, 0.3) is 0 Å². The van der Waals surface area contributed by atoms with Crippen LogP contribution in [0.3, 0.4) is 0 Å². The summed E-state index contributed by atoms with van der Waals surface area (Å²) in [5, 5.41) is 13.8. The topological polar surface area (TPSA) is 84.9 Å². The molecule has 5 rings (SSSR count). The maximum absolute atomic E-state index is 13.8. The number of Topliss-reactive ketones (excluding diaryl/α,β-unsaturated/α-hetero) is 1. The largest absolute Gasteiger partial charge is 0.504 e. The van der Waals surface area contributed by atoms with Crippen molar-refractivity contribution in [3.63, 3.8) is 0 Å². The number of phenolic OH excluding ortho intramolecular Hbond substituents is 1. The summed E-state index contributed by atoms with van der Waals surface area (Å²) in [5.74, 6) is -0.505. The van der Waals surface area contributed by atoms with Crippen LogP contribution in [0.25, 0.3) is 0 Å². The fourth-order valence-electron chi connectivity index (χ4n) is 5.98. The Labute approximate surface area is 218 Å². The predicted molar refractivity (Wildman–Crippen MR) is 141 cm³/mol. The number of ether oxygens (including phenoxy) is 2. The molecular formula is C31H35NO5. The first-order valence-electron chi connectivity index (χ1n) is 13.4. The molecule has 2 aromatic rings. The van der Waals surface area contributed by atoms with E-state index in [1.807, 2.05) is 32.0 Å². The Balaban J connectivity index is 1.56. The van der Waals surface area contributed by atoms with Gasteiger partial charge in [0.1, 0.15) is 6.10 Å². The number of esters is 1. The molecule has 2 N–H and O–H groups in total. The maximum atomic E-state index is 13.8. The lowest BCUT2D eigenvalue weighted by atomic mass is 9.71. The van der Waals surface area contributed by atoms with Gasteiger partial charge in [-0.3, -0.25) is 4.79 Å². The highest BCUT2D eigenvalue weighted by Gasteiger charge is 2.42. The van der Waals surface area contributed by atoms with Gasteiger partial charge >= 0.3 is 5.97 Å². The van der Waals surface area contributed by atoms with E-state index in [4.69, 9.17) is 9.47 Å². The minimum Gasteiger partial charge on any atom is -0.504 e. The monoisotopic (exact) mass is 501 g/mol. The molecule has 2 aliphatic carbocycles. The number of dihydropyridines is 1. The number of carbonyl (C=O) groups is 2. The van der Waals surface area contributed by atoms with Crippen molar-refractivity contribution in [3.05, 3.63) is 82.2 Å². The number of aromatic hydroxyl groups is 1. The summed E-state index contributed by atoms with van der Waals surface area (Å²) in [6, 6.07) is 15.2. The zero-order chi connectivity index (χ0) is 25.9. The van der Waals surface area contributed by atoms with Gasteiger partial charge in [0.05, 0.1) is 12.2 Å². The SMILES string of the molecule is CCOc1cc([C@H]2C(C(=O)OC3CCCCC3)=C(C)NC3=C2C(=O)C[C@@H](c2ccccc2)C3)ccc1O. The number of nitrogens with one attached hydrogen (secondary N) is 1. The van der Waals surface area contributed by atoms with Gasteiger partial charge in [-0.25, -0.2) is 4.79 Å². The van der Waals surface area contributed by atoms with Crippen LogP contribution in [0, 0.1) is 0 Å². The van der Waals surface area contributed by atoms with Crippen molar-refractivity contribution >= 4 is 11.8 Å². The van der Waals surface area contributed by atoms with Crippen LogP contribution in [0.1, 0.15) is 81.8 Å². The number of rotatable bonds is 6. The minimum atomic E-state index is -0.587. The number of benzene rings is 2. The van der Waals surface area contributed by atoms with E-state index in [1.165, 1.54) is 6.42 Å². The van der Waals surface area contributed by atoms with Crippen LogP contribution in [0.5, 0.6) is 11.5 Å². The quantitative estimate of drug-likeness (QED) is 0.470. The third-order valence-electron chi connectivity index (χ3n) is 7.76. The van der Waals surface area contributed by atoms with Crippen molar-refractivity contribution in [2.24, 2.45) is 0 Å². The second kappa shape index (κ2) is 10.8. The summed E-state index contributed by atoms with van der Waals surface area (Å²) < 4.78 is 11.7. The summed E-state index contributed by atoms with van der Waals surface area (Å²) in [7, 11) is 0. The average Bonchev–Trinajstić information content (AvgIpc) is 2.90. The molecule has 1 fully saturated rings. The average molecular weight is 502 g/mol. The summed E-state index contributed by atoms with van der Waals surface area (Å²) in [4.78, 5) is 27.5. The lowest BCUT2D eigenvalue weighted by Crippen LogP contribution is -2.37. The number of phenols is 1. The third-order valence-corrected chi connectivity index (χ3v) is 7.76. The number of carbonyl (C=O) groups excluding carboxylic acids is 2. The van der Waals surface area contributed by atoms with Crippen LogP contribution < -0.4 is 10.1 Å². The van der Waals surface area contributed by atoms with Gasteiger partial charge in [-0.05, 0) is 75.1 Å². The Morgan fingerprint density at radius 2 is 1.78 bits per heavy atom. The number of allylic oxidation sites excluding steroid dienone is 3. The Kier molecular flexibility index (Phi) is 7.36. The normalized spacial score (nSPS) is 22.4. The van der Waals surface area contributed by atoms with E-state index >= 15 is 0 Å². The molecule has 0 aromatic heterocycles. The highest BCUT2D eigenvalue weighted by Crippen LogP contribution is 2.47. The van der Waals surface area contributed by atoms with Gasteiger partial charge in [0.15, 0.2) is 17.3 Å². The first kappa shape index (κ1) is 25.1. The van der Waals surface area contributed by atoms with E-state index in [1.54, 1.807) is 18.2 Å². The molecule has 2 atom stereocenters. The Morgan fingerprint density at radius 1 is 1.03 bits per heavy atom. The molecule has 0 bridgehead atoms. The van der Waals surface area contributed by atoms with E-state index in [0.717, 1.165) is 42.5 Å². The molecule has 1 aliphatic heterocycles. The molecule has 3 aliphatic rings. The molecule has 37 heavy (non-hydrogen) atoms. The Morgan fingerprint density at radius 3 is 2.51 bits per heavy atom. The van der Waals surface area contributed by atoms with Crippen molar-refractivity contribution in [1.82, 2.24) is 5.32 Å². The first-order chi connectivity index (χ1) is 18.0. The second-order valence-electron chi connectivity index (χ2n) is 10.3. The summed E-state index contributed by atoms with van der Waals surface area (Å²) in [6.45, 7) is 4.12. The van der Waals surface area contributed by atoms with Gasteiger partial charge in [-0.1, -0.05) is 42.8 Å². The maximum Gasteiger partial charge on any atom is 0.337 e. The molecule has 0 saturated heterocycles. The van der Waals surface area contributed by atoms with Gasteiger partial charge in [0, 0.05) is 29.3 Å². The second-order valence-corrected chi connectivity index (χ2v) is 10.3. The van der Waals surface area contributed by atoms with Crippen LogP contribution in [0.4, 0.5) is 0 Å². The fourth-order valence-corrected chi connectivity index (χ4v) is 5.98. The van der Waals surface area contributed by atoms with Gasteiger partial charge in [-0.15, -0.1) is 0 Å². The van der Waals surface area contributed by atoms with E-state index in [0.29, 0.717) is 42.0 Å². The predicted octanol–water partition coefficient (Wildman–Crippen LogP) is 6.03. The highest BCUT2D eigenvalue weighted by molar-refractivity contribution is 6.04. The highest BCUT2D eigenvalue weighted by atomic mass is 16.5. The van der Waals surface area contributed by atoms with E-state index in [2.05, 4.69) is 17.4 Å². The van der Waals surface area contributed by atoms with Crippen LogP contribution in [-0.2, 0) is 14.3 Å². The molecule has 0 spiro atoms. The fraction of sp³-hybridized carbons (Fsp3) is 0.419. The molecule has 1 heterocycles. The van der Waals surface area contributed by atoms with E-state index < -0.39 is 5.92 Å². The van der Waals surface area contributed by atoms with Crippen molar-refractivity contribution in [1.29, 1.82) is 0 Å². The Hall–Kier alpha value is -3.54. The lowest BCUT2D eigenvalue weighted by molar-refractivity contribution is -0.146. The standard InChI is InChI=1S/C31H35NO5/c1-3-36-27-18-21(14-15-25(27)33)29-28(31(35)37-23-12-8-5-9-13-23)19(2)32-24-16-22(17-26(34)30(24)29)20-10-6-4-7-11-20/h4,6-7,10-11,14-15,18,22-23,29,32-33H,3,5,8-9,12-13,16-17H2,1-2H3/t22-,29-/m0/s1. The van der Waals surface area contributed by atoms with Crippen LogP contribution in [0.15, 0.2) is 71.1 Å². The molecular weight excluding hydrogens is 466 g/mol. The molecule has 6 heteroatoms. The Bertz CT molecular complexity index is 1240. The summed E-state index contributed by atoms with van der Waals surface area (Å²) in [6.07, 6.45) is 5.98. The van der Waals surface area contributed by atoms with E-state index in [9.17, 15) is 14.7 Å². The lowest BCUT2D eigenvalue weighted by Gasteiger charge is -2.37. The molecule has 1 saturated carbocycles. The van der Waals surface area contributed by atoms with Crippen molar-refractivity contribution in [3.8, 4) is 11.5 Å². The van der Waals surface area contributed by atoms with Gasteiger partial charge in [-0.2, -0.15) is 0 Å². The smallest absolute Gasteiger partial charge is 0.337 e. The number of ketones is 1. The zero-order valence-corrected chi connectivity index (χ0v) is 21.6. The van der Waals surface area contributed by atoms with Crippen LogP contribution in [0.2, 0.25) is 0 Å². The first-order valence-corrected chi connectivity index (χ1v) is 13.4. The van der Waals surface area contributed by atoms with E-state index in [-0.39, 0.29) is 29.5 Å². The molecule has 0 amide bonds. The summed E-state index contributed by atoms with van der Waals surface area (Å²) >= 11 is 0. The van der Waals surface area contributed by atoms with Gasteiger partial charge < -0.3 is 19.9 Å². The van der Waals surface area contributed by atoms with Crippen molar-refractivity contribution < 1.29 is 24.2 Å². The number of hydrogen-bond acceptors (Lipinski definition) is 6. The van der Waals surface area contributed by atoms with Crippen LogP contribution >= 0.6 is 0 Å². The van der Waals surface area contributed by atoms with Crippen molar-refractivity contribution in [2.75, 3.05) is 6.61 Å². The van der Waals surface area contributed by atoms with Crippen LogP contribution in [-0.4, -0.2) is 29.6 Å². The molecule has 6 nitrogen and oxygen atoms in total. The summed E-state index contributed by atoms with van der Waals surface area (Å²) in [5.41, 5.74) is 4.50. The molecule has 2 aromatic carbocycles. The van der Waals surface area contributed by atoms with Crippen molar-refractivity contribution in [2.45, 2.75) is 76.7 Å². The van der Waals surface area contributed by atoms with Gasteiger partial charge in [0.2, 0.25) is 0 Å².